The second kappa shape index (κ2) is 26.3. The number of unbranched alkanes of at least 4 members (excludes halogenated alkanes) is 10. The highest BCUT2D eigenvalue weighted by Crippen LogP contribution is 2.60. The minimum atomic E-state index is 0.905. The van der Waals surface area contributed by atoms with Gasteiger partial charge in [-0.25, -0.2) is 0 Å². The van der Waals surface area contributed by atoms with E-state index in [2.05, 4.69) is 304 Å². The Kier molecular flexibility index (Phi) is 16.1. The number of anilines is 2. The third-order valence-electron chi connectivity index (χ3n) is 22.2. The molecule has 2 nitrogen and oxygen atoms in total. The van der Waals surface area contributed by atoms with E-state index in [4.69, 9.17) is 0 Å². The molecule has 0 amide bonds. The SMILES string of the molecule is CCCCCCCCNc1c2c3cccc4c(-c5cc(-c6ccccc6)cc6cc(-c7ccccc7)ccc56)ccc(c2c(NCCCCCCCC)c2c5ccc(-c6ccc7c8c(cccc68)-c6c(-c8ccccc8)c(-c8ccccc8)cc(-c8ccccc8)c6-7)c6cccc(c12)c65)c43. The molecule has 0 unspecified atom stereocenters. The predicted octanol–water partition coefficient (Wildman–Crippen LogP) is 28.6. The zero-order valence-corrected chi connectivity index (χ0v) is 57.5. The normalized spacial score (nSPS) is 12.1. The molecule has 0 spiro atoms. The third kappa shape index (κ3) is 10.4. The fourth-order valence-electron chi connectivity index (χ4n) is 17.6. The van der Waals surface area contributed by atoms with Crippen molar-refractivity contribution in [3.05, 3.63) is 279 Å². The van der Waals surface area contributed by atoms with Crippen LogP contribution in [0, 0.1) is 0 Å². The lowest BCUT2D eigenvalue weighted by Gasteiger charge is -2.20. The van der Waals surface area contributed by atoms with Crippen molar-refractivity contribution in [1.82, 2.24) is 0 Å². The first-order chi connectivity index (χ1) is 49.6. The lowest BCUT2D eigenvalue weighted by molar-refractivity contribution is 0.617. The average molecular weight is 1290 g/mol. The molecule has 18 rings (SSSR count). The summed E-state index contributed by atoms with van der Waals surface area (Å²) in [6, 6.07) is 106. The zero-order valence-electron chi connectivity index (χ0n) is 57.5. The minimum Gasteiger partial charge on any atom is -0.384 e. The molecule has 0 saturated heterocycles. The fourth-order valence-corrected chi connectivity index (χ4v) is 17.6. The van der Waals surface area contributed by atoms with E-state index in [1.165, 1.54) is 262 Å². The van der Waals surface area contributed by atoms with Crippen LogP contribution in [0.1, 0.15) is 90.9 Å². The van der Waals surface area contributed by atoms with Gasteiger partial charge in [0.2, 0.25) is 0 Å². The van der Waals surface area contributed by atoms with Crippen molar-refractivity contribution >= 4 is 97.6 Å². The van der Waals surface area contributed by atoms with Gasteiger partial charge >= 0.3 is 0 Å². The second-order valence-corrected chi connectivity index (χ2v) is 28.2. The summed E-state index contributed by atoms with van der Waals surface area (Å²) in [5.41, 5.74) is 25.1. The largest absolute Gasteiger partial charge is 0.384 e. The van der Waals surface area contributed by atoms with Crippen molar-refractivity contribution in [1.29, 1.82) is 0 Å². The van der Waals surface area contributed by atoms with Gasteiger partial charge in [-0.2, -0.15) is 0 Å². The molecule has 0 fully saturated rings. The van der Waals surface area contributed by atoms with Crippen LogP contribution < -0.4 is 10.6 Å². The van der Waals surface area contributed by atoms with Gasteiger partial charge in [0.1, 0.15) is 0 Å². The molecule has 0 atom stereocenters. The molecule has 0 saturated carbocycles. The first-order valence-corrected chi connectivity index (χ1v) is 37.1. The van der Waals surface area contributed by atoms with Crippen LogP contribution in [0.25, 0.3) is 186 Å². The van der Waals surface area contributed by atoms with E-state index in [1.807, 2.05) is 0 Å². The molecule has 0 radical (unpaired) electrons. The van der Waals surface area contributed by atoms with E-state index in [0.717, 1.165) is 25.9 Å². The van der Waals surface area contributed by atoms with Crippen molar-refractivity contribution in [2.45, 2.75) is 90.9 Å². The molecule has 0 bridgehead atoms. The Morgan fingerprint density at radius 3 is 1.11 bits per heavy atom. The molecule has 2 N–H and O–H groups in total. The van der Waals surface area contributed by atoms with Crippen LogP contribution in [-0.4, -0.2) is 13.1 Å². The molecule has 0 aromatic heterocycles. The van der Waals surface area contributed by atoms with Gasteiger partial charge in [-0.15, -0.1) is 0 Å². The molecule has 1 aliphatic carbocycles. The Morgan fingerprint density at radius 2 is 0.580 bits per heavy atom. The summed E-state index contributed by atoms with van der Waals surface area (Å²) in [5, 5.41) is 29.7. The molecular weight excluding hydrogens is 1210 g/mol. The van der Waals surface area contributed by atoms with Gasteiger partial charge in [0.05, 0.1) is 11.4 Å². The van der Waals surface area contributed by atoms with Crippen LogP contribution in [-0.2, 0) is 0 Å². The van der Waals surface area contributed by atoms with E-state index in [1.54, 1.807) is 0 Å². The number of rotatable bonds is 23. The van der Waals surface area contributed by atoms with E-state index < -0.39 is 0 Å². The summed E-state index contributed by atoms with van der Waals surface area (Å²) < 4.78 is 0. The first kappa shape index (κ1) is 61.3. The quantitative estimate of drug-likeness (QED) is 0.0493. The van der Waals surface area contributed by atoms with Gasteiger partial charge in [-0.1, -0.05) is 333 Å². The fraction of sp³-hybridized carbons (Fsp3) is 0.163. The summed E-state index contributed by atoms with van der Waals surface area (Å²) in [6.45, 7) is 6.45. The van der Waals surface area contributed by atoms with Crippen molar-refractivity contribution in [3.8, 4) is 100 Å². The summed E-state index contributed by atoms with van der Waals surface area (Å²) in [4.78, 5) is 0. The minimum absolute atomic E-state index is 0.905. The van der Waals surface area contributed by atoms with Gasteiger partial charge in [0, 0.05) is 34.6 Å². The number of fused-ring (bicyclic) bond motifs is 10. The van der Waals surface area contributed by atoms with Gasteiger partial charge in [0.15, 0.2) is 0 Å². The molecule has 17 aromatic rings. The third-order valence-corrected chi connectivity index (χ3v) is 22.2. The molecule has 100 heavy (non-hydrogen) atoms. The molecular formula is C98H82N2. The Morgan fingerprint density at radius 1 is 0.200 bits per heavy atom. The molecule has 484 valence electrons. The number of benzene rings is 15. The number of nitrogens with one attached hydrogen (secondary N) is 2. The standard InChI is InChI=1S/C98H82N2/c1-3-5-7-9-11-28-57-99-97-93-79-47-31-44-76-73(72-51-54-81-88-75(72)43-30-46-78(88)92-87(67-41-26-17-27-42-67)84(65-37-22-15-23-38-65)62-85(91(81)92)66-39-24-16-25-40-66)52-55-82(89(76)79)95(93)98(100-58-29-12-10-8-6-4-2)96-83-56-53-74(77-45-32-48-80(90(77)83)94(96)97)86-61-69(64-35-20-14-21-36-64)60-70-59-68(49-50-71(70)86)63-33-18-13-19-34-63/h13-27,30-56,59-62,99-100H,3-12,28-29,57-58H2,1-2H3. The molecule has 1 aliphatic rings. The van der Waals surface area contributed by atoms with Crippen LogP contribution in [0.5, 0.6) is 0 Å². The molecule has 17 aromatic carbocycles. The highest BCUT2D eigenvalue weighted by molar-refractivity contribution is 6.47. The molecule has 0 heterocycles. The Labute approximate surface area is 587 Å². The van der Waals surface area contributed by atoms with Crippen molar-refractivity contribution in [2.24, 2.45) is 0 Å². The van der Waals surface area contributed by atoms with Crippen LogP contribution in [0.4, 0.5) is 11.4 Å². The van der Waals surface area contributed by atoms with Crippen molar-refractivity contribution < 1.29 is 0 Å². The molecule has 0 aliphatic heterocycles. The number of hydrogen-bond acceptors (Lipinski definition) is 2. The maximum absolute atomic E-state index is 4.35. The van der Waals surface area contributed by atoms with Gasteiger partial charge in [-0.05, 0) is 202 Å². The summed E-state index contributed by atoms with van der Waals surface area (Å²) in [5.74, 6) is 0. The Hall–Kier alpha value is -11.1. The van der Waals surface area contributed by atoms with E-state index in [9.17, 15) is 0 Å². The van der Waals surface area contributed by atoms with Crippen molar-refractivity contribution in [3.63, 3.8) is 0 Å². The predicted molar refractivity (Wildman–Crippen MR) is 435 cm³/mol. The van der Waals surface area contributed by atoms with Gasteiger partial charge in [-0.3, -0.25) is 0 Å². The lowest BCUT2D eigenvalue weighted by atomic mass is 9.82. The molecule has 2 heteroatoms. The number of hydrogen-bond donors (Lipinski definition) is 2. The van der Waals surface area contributed by atoms with E-state index >= 15 is 0 Å². The Bertz CT molecular complexity index is 5810. The van der Waals surface area contributed by atoms with E-state index in [-0.39, 0.29) is 0 Å². The highest BCUT2D eigenvalue weighted by atomic mass is 14.9. The zero-order chi connectivity index (χ0) is 66.6. The van der Waals surface area contributed by atoms with Crippen LogP contribution in [0.2, 0.25) is 0 Å². The van der Waals surface area contributed by atoms with Crippen LogP contribution >= 0.6 is 0 Å². The van der Waals surface area contributed by atoms with Gasteiger partial charge < -0.3 is 10.6 Å². The summed E-state index contributed by atoms with van der Waals surface area (Å²) >= 11 is 0. The average Bonchev–Trinajstić information content (AvgIpc) is 1.52. The topological polar surface area (TPSA) is 24.1 Å². The summed E-state index contributed by atoms with van der Waals surface area (Å²) in [6.07, 6.45) is 14.9. The maximum atomic E-state index is 4.35. The Balaban J connectivity index is 0.867. The van der Waals surface area contributed by atoms with Gasteiger partial charge in [0.25, 0.3) is 0 Å². The van der Waals surface area contributed by atoms with Crippen LogP contribution in [0.15, 0.2) is 279 Å². The second-order valence-electron chi connectivity index (χ2n) is 28.2. The summed E-state index contributed by atoms with van der Waals surface area (Å²) in [7, 11) is 0. The van der Waals surface area contributed by atoms with Crippen molar-refractivity contribution in [2.75, 3.05) is 23.7 Å². The maximum Gasteiger partial charge on any atom is 0.0514 e. The monoisotopic (exact) mass is 1290 g/mol. The highest BCUT2D eigenvalue weighted by Gasteiger charge is 2.33. The smallest absolute Gasteiger partial charge is 0.0514 e. The van der Waals surface area contributed by atoms with Crippen LogP contribution in [0.3, 0.4) is 0 Å². The van der Waals surface area contributed by atoms with E-state index in [0.29, 0.717) is 0 Å². The first-order valence-electron chi connectivity index (χ1n) is 37.1. The lowest BCUT2D eigenvalue weighted by Crippen LogP contribution is -2.05.